The van der Waals surface area contributed by atoms with Gasteiger partial charge in [0.25, 0.3) is 5.91 Å². The fourth-order valence-electron chi connectivity index (χ4n) is 8.20. The van der Waals surface area contributed by atoms with Gasteiger partial charge in [-0.05, 0) is 72.5 Å². The predicted octanol–water partition coefficient (Wildman–Crippen LogP) is 8.10. The van der Waals surface area contributed by atoms with E-state index in [1.807, 2.05) is 53.4 Å². The number of aromatic nitrogens is 3. The van der Waals surface area contributed by atoms with Gasteiger partial charge in [-0.25, -0.2) is 9.07 Å². The summed E-state index contributed by atoms with van der Waals surface area (Å²) in [7, 11) is 3.36. The monoisotopic (exact) mass is 742 g/mol. The van der Waals surface area contributed by atoms with Crippen LogP contribution in [0.2, 0.25) is 0 Å². The number of fused-ring (bicyclic) bond motifs is 1. The molecule has 56 heavy (non-hydrogen) atoms. The molecule has 0 saturated carbocycles. The van der Waals surface area contributed by atoms with Gasteiger partial charge in [0, 0.05) is 61.2 Å². The molecule has 2 atom stereocenters. The minimum Gasteiger partial charge on any atom is -0.348 e. The third-order valence-corrected chi connectivity index (χ3v) is 10.8. The van der Waals surface area contributed by atoms with Gasteiger partial charge in [-0.3, -0.25) is 19.5 Å². The van der Waals surface area contributed by atoms with Crippen molar-refractivity contribution in [2.75, 3.05) is 27.2 Å². The van der Waals surface area contributed by atoms with E-state index in [2.05, 4.69) is 87.8 Å². The molecule has 2 amide bonds. The molecule has 9 heteroatoms. The highest BCUT2D eigenvalue weighted by Gasteiger charge is 2.41. The summed E-state index contributed by atoms with van der Waals surface area (Å²) in [5.74, 6) is -0.853. The lowest BCUT2D eigenvalue weighted by molar-refractivity contribution is -0.135. The molecule has 1 fully saturated rings. The van der Waals surface area contributed by atoms with E-state index in [1.165, 1.54) is 11.0 Å². The number of carbonyl (C=O) groups excluding carboxylic acids is 2. The van der Waals surface area contributed by atoms with Crippen molar-refractivity contribution < 1.29 is 14.0 Å². The second-order valence-corrected chi connectivity index (χ2v) is 14.5. The smallest absolute Gasteiger partial charge is 0.251 e. The van der Waals surface area contributed by atoms with Gasteiger partial charge < -0.3 is 10.2 Å². The number of piperidine rings is 1. The highest BCUT2D eigenvalue weighted by molar-refractivity contribution is 6.02. The minimum absolute atomic E-state index is 0.203. The first-order chi connectivity index (χ1) is 27.4. The number of likely N-dealkylation sites (tertiary alicyclic amines) is 1. The van der Waals surface area contributed by atoms with Crippen LogP contribution in [0.4, 0.5) is 4.39 Å². The number of nitrogens with zero attached hydrogens (tertiary/aromatic N) is 5. The van der Waals surface area contributed by atoms with E-state index in [0.717, 1.165) is 51.7 Å². The maximum Gasteiger partial charge on any atom is 0.251 e. The average molecular weight is 743 g/mol. The summed E-state index contributed by atoms with van der Waals surface area (Å²) in [5.41, 5.74) is 5.51. The van der Waals surface area contributed by atoms with Gasteiger partial charge >= 0.3 is 0 Å². The highest BCUT2D eigenvalue weighted by atomic mass is 19.1. The van der Waals surface area contributed by atoms with E-state index in [0.29, 0.717) is 24.2 Å². The first-order valence-electron chi connectivity index (χ1n) is 19.0. The number of hydrogen-bond acceptors (Lipinski definition) is 5. The Morgan fingerprint density at radius 3 is 1.96 bits per heavy atom. The van der Waals surface area contributed by atoms with Crippen LogP contribution in [0.1, 0.15) is 51.5 Å². The number of benzene rings is 5. The SMILES string of the molecule is CN(C)C(=O)C(c1ccccc1F)N1CCC[C@@H](NC(=O)c2ccc3c(c2)c(-c2ccncc2)nn3C(c2ccccc2)(c2ccccc2)c2ccccc2)C1. The zero-order valence-corrected chi connectivity index (χ0v) is 31.4. The second-order valence-electron chi connectivity index (χ2n) is 14.5. The van der Waals surface area contributed by atoms with Crippen molar-refractivity contribution in [1.29, 1.82) is 0 Å². The quantitative estimate of drug-likeness (QED) is 0.143. The molecule has 0 spiro atoms. The van der Waals surface area contributed by atoms with Crippen LogP contribution in [0.15, 0.2) is 158 Å². The van der Waals surface area contributed by atoms with E-state index < -0.39 is 17.4 Å². The van der Waals surface area contributed by atoms with Gasteiger partial charge in [-0.1, -0.05) is 109 Å². The summed E-state index contributed by atoms with van der Waals surface area (Å²) in [6, 6.07) is 46.2. The molecule has 0 radical (unpaired) electrons. The summed E-state index contributed by atoms with van der Waals surface area (Å²) in [6.07, 6.45) is 4.98. The molecule has 3 heterocycles. The lowest BCUT2D eigenvalue weighted by Gasteiger charge is -2.39. The summed E-state index contributed by atoms with van der Waals surface area (Å²) in [5, 5.41) is 9.53. The van der Waals surface area contributed by atoms with Gasteiger partial charge in [0.05, 0.1) is 5.52 Å². The Morgan fingerprint density at radius 1 is 0.786 bits per heavy atom. The fourth-order valence-corrected chi connectivity index (χ4v) is 8.20. The average Bonchev–Trinajstić information content (AvgIpc) is 3.62. The Kier molecular flexibility index (Phi) is 10.3. The number of nitrogens with one attached hydrogen (secondary N) is 1. The van der Waals surface area contributed by atoms with Gasteiger partial charge in [-0.15, -0.1) is 0 Å². The van der Waals surface area contributed by atoms with Crippen LogP contribution in [0.25, 0.3) is 22.2 Å². The molecule has 7 aromatic rings. The molecule has 0 bridgehead atoms. The number of likely N-dealkylation sites (N-methyl/N-ethyl adjacent to an activating group) is 1. The number of rotatable bonds is 10. The third-order valence-electron chi connectivity index (χ3n) is 10.8. The van der Waals surface area contributed by atoms with E-state index in [4.69, 9.17) is 5.10 Å². The molecule has 1 saturated heterocycles. The second kappa shape index (κ2) is 15.7. The molecule has 5 aromatic carbocycles. The predicted molar refractivity (Wildman–Crippen MR) is 217 cm³/mol. The van der Waals surface area contributed by atoms with Gasteiger partial charge in [-0.2, -0.15) is 5.10 Å². The highest BCUT2D eigenvalue weighted by Crippen LogP contribution is 2.44. The van der Waals surface area contributed by atoms with Gasteiger partial charge in [0.2, 0.25) is 5.91 Å². The molecular weight excluding hydrogens is 700 g/mol. The lowest BCUT2D eigenvalue weighted by atomic mass is 9.77. The number of pyridine rings is 1. The Labute approximate surface area is 326 Å². The normalized spacial score (nSPS) is 15.3. The molecule has 1 aliphatic rings. The van der Waals surface area contributed by atoms with Crippen LogP contribution in [0.3, 0.4) is 0 Å². The topological polar surface area (TPSA) is 83.4 Å². The number of carbonyl (C=O) groups is 2. The third kappa shape index (κ3) is 6.75. The van der Waals surface area contributed by atoms with Crippen molar-refractivity contribution in [2.45, 2.75) is 30.5 Å². The molecule has 1 N–H and O–H groups in total. The van der Waals surface area contributed by atoms with Crippen LogP contribution in [0, 0.1) is 5.82 Å². The Hall–Kier alpha value is -6.45. The van der Waals surface area contributed by atoms with Crippen molar-refractivity contribution in [3.63, 3.8) is 0 Å². The summed E-state index contributed by atoms with van der Waals surface area (Å²) >= 11 is 0. The van der Waals surface area contributed by atoms with Crippen LogP contribution in [-0.2, 0) is 10.3 Å². The Bertz CT molecular complexity index is 2360. The Balaban J connectivity index is 1.21. The first-order valence-corrected chi connectivity index (χ1v) is 19.0. The number of halogens is 1. The van der Waals surface area contributed by atoms with Crippen LogP contribution >= 0.6 is 0 Å². The number of amides is 2. The summed E-state index contributed by atoms with van der Waals surface area (Å²) < 4.78 is 17.2. The molecule has 1 unspecified atom stereocenters. The van der Waals surface area contributed by atoms with Crippen LogP contribution in [-0.4, -0.2) is 69.6 Å². The maximum absolute atomic E-state index is 15.1. The zero-order chi connectivity index (χ0) is 38.6. The van der Waals surface area contributed by atoms with E-state index in [1.54, 1.807) is 44.7 Å². The Morgan fingerprint density at radius 2 is 1.38 bits per heavy atom. The summed E-state index contributed by atoms with van der Waals surface area (Å²) in [6.45, 7) is 1.01. The zero-order valence-electron chi connectivity index (χ0n) is 31.4. The van der Waals surface area contributed by atoms with E-state index >= 15 is 4.39 Å². The van der Waals surface area contributed by atoms with Crippen molar-refractivity contribution in [3.05, 3.63) is 192 Å². The molecule has 2 aromatic heterocycles. The molecule has 8 nitrogen and oxygen atoms in total. The molecule has 8 rings (SSSR count). The van der Waals surface area contributed by atoms with Gasteiger partial charge in [0.1, 0.15) is 23.1 Å². The van der Waals surface area contributed by atoms with Crippen LogP contribution in [0.5, 0.6) is 0 Å². The molecule has 280 valence electrons. The molecule has 0 aliphatic carbocycles. The van der Waals surface area contributed by atoms with E-state index in [9.17, 15) is 9.59 Å². The fraction of sp³-hybridized carbons (Fsp3) is 0.191. The maximum atomic E-state index is 15.1. The molecule has 1 aliphatic heterocycles. The van der Waals surface area contributed by atoms with Crippen molar-refractivity contribution >= 4 is 22.7 Å². The van der Waals surface area contributed by atoms with Crippen molar-refractivity contribution in [2.24, 2.45) is 0 Å². The lowest BCUT2D eigenvalue weighted by Crippen LogP contribution is -2.51. The minimum atomic E-state index is -0.874. The van der Waals surface area contributed by atoms with E-state index in [-0.39, 0.29) is 17.9 Å². The first kappa shape index (κ1) is 36.5. The van der Waals surface area contributed by atoms with Crippen molar-refractivity contribution in [3.8, 4) is 11.3 Å². The largest absolute Gasteiger partial charge is 0.348 e. The van der Waals surface area contributed by atoms with Gasteiger partial charge in [0.15, 0.2) is 0 Å². The van der Waals surface area contributed by atoms with Crippen LogP contribution < -0.4 is 5.32 Å². The van der Waals surface area contributed by atoms with Crippen molar-refractivity contribution in [1.82, 2.24) is 29.9 Å². The molecular formula is C47H43FN6O2. The number of hydrogen-bond donors (Lipinski definition) is 1. The summed E-state index contributed by atoms with van der Waals surface area (Å²) in [4.78, 5) is 35.5. The standard InChI is InChI=1S/C47H43FN6O2/c1-52(2)46(56)44(39-22-12-13-23-41(39)48)53-30-14-21-38(32-53)50-45(55)34-24-25-42-40(31-34)43(33-26-28-49-29-27-33)51-54(42)47(35-15-6-3-7-16-35,36-17-8-4-9-18-36)37-19-10-5-11-20-37/h3-13,15-20,22-29,31,38,44H,14,21,30,32H2,1-2H3,(H,50,55)/t38-,44?/m1/s1.